The third-order valence-corrected chi connectivity index (χ3v) is 3.96. The number of ether oxygens (including phenoxy) is 1. The van der Waals surface area contributed by atoms with E-state index in [-0.39, 0.29) is 10.8 Å². The highest BCUT2D eigenvalue weighted by molar-refractivity contribution is 5.62. The fraction of sp³-hybridized carbons (Fsp3) is 0.400. The SMILES string of the molecule is CC(C)(C)c1cc(Oc2ccc(N)cc2N)cc(C(C)(C)C)c1O. The Morgan fingerprint density at radius 2 is 1.33 bits per heavy atom. The van der Waals surface area contributed by atoms with Gasteiger partial charge in [0.05, 0.1) is 5.69 Å². The molecule has 2 rings (SSSR count). The molecule has 2 aromatic carbocycles. The molecule has 0 spiro atoms. The lowest BCUT2D eigenvalue weighted by Crippen LogP contribution is -2.17. The average molecular weight is 328 g/mol. The third-order valence-electron chi connectivity index (χ3n) is 3.96. The number of nitrogen functional groups attached to an aromatic ring is 2. The number of hydrogen-bond donors (Lipinski definition) is 3. The molecule has 0 saturated heterocycles. The summed E-state index contributed by atoms with van der Waals surface area (Å²) < 4.78 is 6.00. The average Bonchev–Trinajstić information content (AvgIpc) is 2.41. The normalized spacial score (nSPS) is 12.2. The predicted molar refractivity (Wildman–Crippen MR) is 101 cm³/mol. The summed E-state index contributed by atoms with van der Waals surface area (Å²) in [6.07, 6.45) is 0. The molecular weight excluding hydrogens is 300 g/mol. The zero-order valence-corrected chi connectivity index (χ0v) is 15.4. The summed E-state index contributed by atoms with van der Waals surface area (Å²) in [5.41, 5.74) is 14.1. The maximum atomic E-state index is 10.7. The molecule has 0 bridgehead atoms. The molecule has 4 heteroatoms. The molecule has 24 heavy (non-hydrogen) atoms. The van der Waals surface area contributed by atoms with Crippen molar-refractivity contribution in [3.05, 3.63) is 41.5 Å². The number of anilines is 2. The quantitative estimate of drug-likeness (QED) is 0.682. The van der Waals surface area contributed by atoms with Crippen LogP contribution in [0.2, 0.25) is 0 Å². The molecule has 5 N–H and O–H groups in total. The second kappa shape index (κ2) is 5.93. The molecule has 0 amide bonds. The van der Waals surface area contributed by atoms with Gasteiger partial charge in [0.15, 0.2) is 0 Å². The fourth-order valence-electron chi connectivity index (χ4n) is 2.60. The first-order chi connectivity index (χ1) is 10.9. The van der Waals surface area contributed by atoms with Gasteiger partial charge in [0, 0.05) is 16.8 Å². The largest absolute Gasteiger partial charge is 0.507 e. The molecule has 0 aliphatic rings. The van der Waals surface area contributed by atoms with Crippen LogP contribution in [0.4, 0.5) is 11.4 Å². The zero-order chi connectivity index (χ0) is 18.3. The molecule has 2 aromatic rings. The van der Waals surface area contributed by atoms with Gasteiger partial charge in [0.2, 0.25) is 0 Å². The van der Waals surface area contributed by atoms with Crippen molar-refractivity contribution in [2.24, 2.45) is 0 Å². The second-order valence-corrected chi connectivity index (χ2v) is 8.27. The molecule has 0 aromatic heterocycles. The molecule has 0 radical (unpaired) electrons. The molecule has 0 aliphatic carbocycles. The highest BCUT2D eigenvalue weighted by Crippen LogP contribution is 2.43. The van der Waals surface area contributed by atoms with E-state index in [1.54, 1.807) is 18.2 Å². The summed E-state index contributed by atoms with van der Waals surface area (Å²) in [6.45, 7) is 12.4. The standard InChI is InChI=1S/C20H28N2O2/c1-19(2,3)14-10-13(11-15(18(14)23)20(4,5)6)24-17-8-7-12(21)9-16(17)22/h7-11,23H,21-22H2,1-6H3. The third kappa shape index (κ3) is 3.75. The minimum atomic E-state index is -0.212. The Balaban J connectivity index is 2.58. The van der Waals surface area contributed by atoms with Crippen molar-refractivity contribution < 1.29 is 9.84 Å². The van der Waals surface area contributed by atoms with E-state index in [1.165, 1.54) is 0 Å². The first-order valence-electron chi connectivity index (χ1n) is 8.10. The Morgan fingerprint density at radius 1 is 0.833 bits per heavy atom. The van der Waals surface area contributed by atoms with E-state index >= 15 is 0 Å². The summed E-state index contributed by atoms with van der Waals surface area (Å²) in [4.78, 5) is 0. The lowest BCUT2D eigenvalue weighted by atomic mass is 9.79. The number of phenols is 1. The van der Waals surface area contributed by atoms with Crippen LogP contribution in [0.15, 0.2) is 30.3 Å². The molecule has 0 fully saturated rings. The minimum Gasteiger partial charge on any atom is -0.507 e. The Hall–Kier alpha value is -2.36. The maximum absolute atomic E-state index is 10.7. The fourth-order valence-corrected chi connectivity index (χ4v) is 2.60. The van der Waals surface area contributed by atoms with Crippen LogP contribution in [0, 0.1) is 0 Å². The van der Waals surface area contributed by atoms with E-state index in [0.717, 1.165) is 11.1 Å². The Morgan fingerprint density at radius 3 is 1.75 bits per heavy atom. The van der Waals surface area contributed by atoms with Gasteiger partial charge in [0.25, 0.3) is 0 Å². The van der Waals surface area contributed by atoms with E-state index in [1.807, 2.05) is 12.1 Å². The number of hydrogen-bond acceptors (Lipinski definition) is 4. The zero-order valence-electron chi connectivity index (χ0n) is 15.4. The van der Waals surface area contributed by atoms with E-state index < -0.39 is 0 Å². The van der Waals surface area contributed by atoms with Crippen molar-refractivity contribution in [2.45, 2.75) is 52.4 Å². The van der Waals surface area contributed by atoms with Gasteiger partial charge >= 0.3 is 0 Å². The summed E-state index contributed by atoms with van der Waals surface area (Å²) >= 11 is 0. The summed E-state index contributed by atoms with van der Waals surface area (Å²) in [5, 5.41) is 10.7. The molecule has 130 valence electrons. The highest BCUT2D eigenvalue weighted by Gasteiger charge is 2.27. The first kappa shape index (κ1) is 18.0. The number of rotatable bonds is 2. The van der Waals surface area contributed by atoms with Gasteiger partial charge in [-0.2, -0.15) is 0 Å². The van der Waals surface area contributed by atoms with Crippen LogP contribution in [0.25, 0.3) is 0 Å². The van der Waals surface area contributed by atoms with Gasteiger partial charge in [-0.05, 0) is 41.2 Å². The van der Waals surface area contributed by atoms with Crippen LogP contribution in [0.5, 0.6) is 17.2 Å². The van der Waals surface area contributed by atoms with Crippen LogP contribution in [0.3, 0.4) is 0 Å². The Kier molecular flexibility index (Phi) is 4.44. The molecule has 0 aliphatic heterocycles. The van der Waals surface area contributed by atoms with Crippen molar-refractivity contribution in [3.8, 4) is 17.2 Å². The van der Waals surface area contributed by atoms with E-state index in [0.29, 0.717) is 28.6 Å². The highest BCUT2D eigenvalue weighted by atomic mass is 16.5. The topological polar surface area (TPSA) is 81.5 Å². The monoisotopic (exact) mass is 328 g/mol. The predicted octanol–water partition coefficient (Wildman–Crippen LogP) is 4.94. The molecule has 0 heterocycles. The number of phenolic OH excluding ortho intramolecular Hbond substituents is 1. The van der Waals surface area contributed by atoms with Crippen LogP contribution in [-0.4, -0.2) is 5.11 Å². The van der Waals surface area contributed by atoms with Crippen molar-refractivity contribution in [3.63, 3.8) is 0 Å². The summed E-state index contributed by atoms with van der Waals surface area (Å²) in [5.74, 6) is 1.53. The maximum Gasteiger partial charge on any atom is 0.150 e. The number of benzene rings is 2. The lowest BCUT2D eigenvalue weighted by molar-refractivity contribution is 0.415. The smallest absolute Gasteiger partial charge is 0.150 e. The molecule has 0 atom stereocenters. The minimum absolute atomic E-state index is 0.212. The second-order valence-electron chi connectivity index (χ2n) is 8.27. The van der Waals surface area contributed by atoms with Gasteiger partial charge in [-0.25, -0.2) is 0 Å². The number of nitrogens with two attached hydrogens (primary N) is 2. The van der Waals surface area contributed by atoms with Crippen LogP contribution >= 0.6 is 0 Å². The molecule has 0 saturated carbocycles. The van der Waals surface area contributed by atoms with E-state index in [4.69, 9.17) is 16.2 Å². The van der Waals surface area contributed by atoms with E-state index in [9.17, 15) is 5.11 Å². The van der Waals surface area contributed by atoms with Crippen molar-refractivity contribution in [1.82, 2.24) is 0 Å². The Bertz CT molecular complexity index is 718. The number of aromatic hydroxyl groups is 1. The van der Waals surface area contributed by atoms with E-state index in [2.05, 4.69) is 41.5 Å². The van der Waals surface area contributed by atoms with Gasteiger partial charge in [-0.15, -0.1) is 0 Å². The summed E-state index contributed by atoms with van der Waals surface area (Å²) in [6, 6.07) is 8.93. The van der Waals surface area contributed by atoms with Crippen LogP contribution in [0.1, 0.15) is 52.7 Å². The first-order valence-corrected chi connectivity index (χ1v) is 8.10. The molecule has 4 nitrogen and oxygen atoms in total. The summed E-state index contributed by atoms with van der Waals surface area (Å²) in [7, 11) is 0. The van der Waals surface area contributed by atoms with Crippen molar-refractivity contribution in [1.29, 1.82) is 0 Å². The lowest BCUT2D eigenvalue weighted by Gasteiger charge is -2.28. The van der Waals surface area contributed by atoms with Crippen molar-refractivity contribution >= 4 is 11.4 Å². The Labute approximate surface area is 144 Å². The van der Waals surface area contributed by atoms with Gasteiger partial charge in [-0.3, -0.25) is 0 Å². The van der Waals surface area contributed by atoms with Gasteiger partial charge in [-0.1, -0.05) is 41.5 Å². The molecule has 0 unspecified atom stereocenters. The van der Waals surface area contributed by atoms with Crippen LogP contribution < -0.4 is 16.2 Å². The van der Waals surface area contributed by atoms with Crippen LogP contribution in [-0.2, 0) is 10.8 Å². The van der Waals surface area contributed by atoms with Gasteiger partial charge in [0.1, 0.15) is 17.2 Å². The van der Waals surface area contributed by atoms with Crippen molar-refractivity contribution in [2.75, 3.05) is 11.5 Å². The van der Waals surface area contributed by atoms with Gasteiger partial charge < -0.3 is 21.3 Å². The molecular formula is C20H28N2O2.